The largest absolute Gasteiger partial charge is 0.302 e. The van der Waals surface area contributed by atoms with E-state index in [1.807, 2.05) is 6.07 Å². The number of hydrogen-bond acceptors (Lipinski definition) is 4. The third-order valence-electron chi connectivity index (χ3n) is 2.49. The number of rotatable bonds is 3. The zero-order valence-corrected chi connectivity index (χ0v) is 8.54. The fourth-order valence-corrected chi connectivity index (χ4v) is 1.54. The summed E-state index contributed by atoms with van der Waals surface area (Å²) in [7, 11) is 0. The lowest BCUT2D eigenvalue weighted by Gasteiger charge is -2.20. The predicted octanol–water partition coefficient (Wildman–Crippen LogP) is 1.17. The molecule has 0 saturated heterocycles. The number of hydrogen-bond donors (Lipinski definition) is 0. The summed E-state index contributed by atoms with van der Waals surface area (Å²) in [5.74, 6) is 0. The molecule has 1 aliphatic rings. The molecule has 80 valence electrons. The quantitative estimate of drug-likeness (QED) is 0.560. The minimum atomic E-state index is -1.07. The SMILES string of the molecule is O=CC1(C=O)C=CN=C(c2ccccn2)C1. The Morgan fingerprint density at radius 3 is 2.69 bits per heavy atom. The van der Waals surface area contributed by atoms with E-state index in [4.69, 9.17) is 0 Å². The molecule has 0 bridgehead atoms. The molecule has 0 saturated carbocycles. The molecular weight excluding hydrogens is 204 g/mol. The van der Waals surface area contributed by atoms with Crippen molar-refractivity contribution in [2.45, 2.75) is 6.42 Å². The van der Waals surface area contributed by atoms with E-state index in [-0.39, 0.29) is 6.42 Å². The Kier molecular flexibility index (Phi) is 2.72. The standard InChI is InChI=1S/C12H10N2O2/c15-8-12(9-16)4-6-14-11(7-12)10-3-1-2-5-13-10/h1-6,8-9H,7H2. The van der Waals surface area contributed by atoms with Gasteiger partial charge in [-0.15, -0.1) is 0 Å². The van der Waals surface area contributed by atoms with E-state index in [2.05, 4.69) is 9.98 Å². The Hall–Kier alpha value is -2.10. The van der Waals surface area contributed by atoms with Gasteiger partial charge in [0.2, 0.25) is 0 Å². The van der Waals surface area contributed by atoms with E-state index in [0.717, 1.165) is 0 Å². The van der Waals surface area contributed by atoms with Crippen LogP contribution in [0.25, 0.3) is 0 Å². The van der Waals surface area contributed by atoms with Crippen LogP contribution in [0.15, 0.2) is 41.7 Å². The van der Waals surface area contributed by atoms with Gasteiger partial charge in [0, 0.05) is 18.8 Å². The third kappa shape index (κ3) is 1.82. The van der Waals surface area contributed by atoms with Crippen LogP contribution < -0.4 is 0 Å². The van der Waals surface area contributed by atoms with Gasteiger partial charge in [0.05, 0.1) is 11.4 Å². The molecule has 0 aromatic carbocycles. The second-order valence-electron chi connectivity index (χ2n) is 3.63. The molecule has 1 aromatic rings. The number of carbonyl (C=O) groups is 2. The molecule has 1 aliphatic heterocycles. The lowest BCUT2D eigenvalue weighted by atomic mass is 9.83. The fourth-order valence-electron chi connectivity index (χ4n) is 1.54. The van der Waals surface area contributed by atoms with Crippen LogP contribution in [0.1, 0.15) is 12.1 Å². The molecule has 0 amide bonds. The molecule has 2 heterocycles. The van der Waals surface area contributed by atoms with Crippen LogP contribution >= 0.6 is 0 Å². The zero-order chi connectivity index (χ0) is 11.4. The van der Waals surface area contributed by atoms with Crippen LogP contribution in [-0.4, -0.2) is 23.3 Å². The molecule has 1 aromatic heterocycles. The van der Waals surface area contributed by atoms with E-state index in [1.54, 1.807) is 18.3 Å². The van der Waals surface area contributed by atoms with Crippen LogP contribution in [0.3, 0.4) is 0 Å². The van der Waals surface area contributed by atoms with Crippen molar-refractivity contribution in [1.82, 2.24) is 4.98 Å². The normalized spacial score (nSPS) is 17.6. The monoisotopic (exact) mass is 214 g/mol. The number of allylic oxidation sites excluding steroid dienone is 1. The van der Waals surface area contributed by atoms with E-state index in [1.165, 1.54) is 12.3 Å². The van der Waals surface area contributed by atoms with Crippen molar-refractivity contribution >= 4 is 18.3 Å². The molecule has 0 aliphatic carbocycles. The first kappa shape index (κ1) is 10.4. The van der Waals surface area contributed by atoms with Crippen LogP contribution in [0, 0.1) is 5.41 Å². The summed E-state index contributed by atoms with van der Waals surface area (Å²) in [5.41, 5.74) is 0.274. The van der Waals surface area contributed by atoms with E-state index in [9.17, 15) is 9.59 Å². The van der Waals surface area contributed by atoms with Crippen molar-refractivity contribution < 1.29 is 9.59 Å². The van der Waals surface area contributed by atoms with E-state index in [0.29, 0.717) is 24.0 Å². The van der Waals surface area contributed by atoms with Crippen molar-refractivity contribution in [3.63, 3.8) is 0 Å². The molecule has 0 atom stereocenters. The minimum Gasteiger partial charge on any atom is -0.302 e. The first-order valence-electron chi connectivity index (χ1n) is 4.88. The highest BCUT2D eigenvalue weighted by molar-refractivity contribution is 6.05. The molecule has 4 heteroatoms. The average Bonchev–Trinajstić information content (AvgIpc) is 2.40. The summed E-state index contributed by atoms with van der Waals surface area (Å²) >= 11 is 0. The lowest BCUT2D eigenvalue weighted by molar-refractivity contribution is -0.123. The number of aromatic nitrogens is 1. The second kappa shape index (κ2) is 4.18. The summed E-state index contributed by atoms with van der Waals surface area (Å²) < 4.78 is 0. The number of aliphatic imine (C=N–C) groups is 1. The second-order valence-corrected chi connectivity index (χ2v) is 3.63. The van der Waals surface area contributed by atoms with Crippen LogP contribution in [-0.2, 0) is 9.59 Å². The zero-order valence-electron chi connectivity index (χ0n) is 8.54. The first-order chi connectivity index (χ1) is 7.79. The van der Waals surface area contributed by atoms with Gasteiger partial charge in [-0.05, 0) is 18.2 Å². The van der Waals surface area contributed by atoms with Gasteiger partial charge in [0.25, 0.3) is 0 Å². The maximum Gasteiger partial charge on any atom is 0.137 e. The van der Waals surface area contributed by atoms with E-state index >= 15 is 0 Å². The van der Waals surface area contributed by atoms with Crippen molar-refractivity contribution in [3.8, 4) is 0 Å². The van der Waals surface area contributed by atoms with Crippen LogP contribution in [0.4, 0.5) is 0 Å². The lowest BCUT2D eigenvalue weighted by Crippen LogP contribution is -2.28. The van der Waals surface area contributed by atoms with Gasteiger partial charge in [-0.2, -0.15) is 0 Å². The van der Waals surface area contributed by atoms with E-state index < -0.39 is 5.41 Å². The van der Waals surface area contributed by atoms with Gasteiger partial charge < -0.3 is 9.59 Å². The molecule has 4 nitrogen and oxygen atoms in total. The van der Waals surface area contributed by atoms with Gasteiger partial charge in [-0.1, -0.05) is 6.07 Å². The smallest absolute Gasteiger partial charge is 0.137 e. The van der Waals surface area contributed by atoms with Gasteiger partial charge >= 0.3 is 0 Å². The molecular formula is C12H10N2O2. The van der Waals surface area contributed by atoms with Crippen LogP contribution in [0.2, 0.25) is 0 Å². The van der Waals surface area contributed by atoms with Crippen LogP contribution in [0.5, 0.6) is 0 Å². The molecule has 0 spiro atoms. The van der Waals surface area contributed by atoms with Crippen molar-refractivity contribution in [1.29, 1.82) is 0 Å². The summed E-state index contributed by atoms with van der Waals surface area (Å²) in [6.07, 6.45) is 6.21. The Bertz CT molecular complexity index is 455. The highest BCUT2D eigenvalue weighted by atomic mass is 16.1. The Labute approximate surface area is 92.7 Å². The average molecular weight is 214 g/mol. The molecule has 0 radical (unpaired) electrons. The molecule has 0 unspecified atom stereocenters. The summed E-state index contributed by atoms with van der Waals surface area (Å²) in [6.45, 7) is 0. The number of aldehydes is 2. The van der Waals surface area contributed by atoms with Gasteiger partial charge in [0.1, 0.15) is 18.0 Å². The highest BCUT2D eigenvalue weighted by Gasteiger charge is 2.31. The molecule has 0 fully saturated rings. The van der Waals surface area contributed by atoms with Gasteiger partial charge in [0.15, 0.2) is 0 Å². The number of nitrogens with zero attached hydrogens (tertiary/aromatic N) is 2. The fraction of sp³-hybridized carbons (Fsp3) is 0.167. The van der Waals surface area contributed by atoms with Gasteiger partial charge in [-0.25, -0.2) is 0 Å². The Morgan fingerprint density at radius 2 is 2.06 bits per heavy atom. The molecule has 2 rings (SSSR count). The summed E-state index contributed by atoms with van der Waals surface area (Å²) in [4.78, 5) is 30.2. The van der Waals surface area contributed by atoms with Crippen molar-refractivity contribution in [3.05, 3.63) is 42.4 Å². The number of pyridine rings is 1. The number of carbonyl (C=O) groups excluding carboxylic acids is 2. The third-order valence-corrected chi connectivity index (χ3v) is 2.49. The minimum absolute atomic E-state index is 0.271. The predicted molar refractivity (Wildman–Crippen MR) is 59.1 cm³/mol. The van der Waals surface area contributed by atoms with Gasteiger partial charge in [-0.3, -0.25) is 9.98 Å². The maximum absolute atomic E-state index is 10.9. The molecule has 16 heavy (non-hydrogen) atoms. The van der Waals surface area contributed by atoms with Crippen molar-refractivity contribution in [2.24, 2.45) is 10.4 Å². The topological polar surface area (TPSA) is 59.4 Å². The Balaban J connectivity index is 2.33. The Morgan fingerprint density at radius 1 is 1.25 bits per heavy atom. The summed E-state index contributed by atoms with van der Waals surface area (Å²) in [5, 5.41) is 0. The van der Waals surface area contributed by atoms with Crippen molar-refractivity contribution in [2.75, 3.05) is 0 Å². The first-order valence-corrected chi connectivity index (χ1v) is 4.88. The summed E-state index contributed by atoms with van der Waals surface area (Å²) in [6, 6.07) is 5.44. The highest BCUT2D eigenvalue weighted by Crippen LogP contribution is 2.24. The maximum atomic E-state index is 10.9. The molecule has 0 N–H and O–H groups in total.